The molecule has 9 rings (SSSR count). The third kappa shape index (κ3) is 21.2. The summed E-state index contributed by atoms with van der Waals surface area (Å²) in [5.74, 6) is -7.56. The number of carbonyl (C=O) groups excluding carboxylic acids is 8. The largest absolute Gasteiger partial charge is 2.00 e. The summed E-state index contributed by atoms with van der Waals surface area (Å²) in [6, 6.07) is 28.0. The summed E-state index contributed by atoms with van der Waals surface area (Å²) in [5.41, 5.74) is 3.73. The van der Waals surface area contributed by atoms with Gasteiger partial charge in [-0.25, -0.2) is 43.6 Å². The number of carbonyl (C=O) groups is 8. The summed E-state index contributed by atoms with van der Waals surface area (Å²) in [4.78, 5) is 122. The van der Waals surface area contributed by atoms with Crippen LogP contribution >= 0.6 is 0 Å². The van der Waals surface area contributed by atoms with Crippen LogP contribution in [0.4, 0.5) is 0 Å². The Labute approximate surface area is 663 Å². The molecular formula is C76H80CuN8O24S4. The quantitative estimate of drug-likeness (QED) is 0.0215. The Kier molecular flexibility index (Phi) is 30.5. The van der Waals surface area contributed by atoms with E-state index in [0.29, 0.717) is 39.5 Å². The summed E-state index contributed by atoms with van der Waals surface area (Å²) in [6.45, 7) is 4.63. The molecule has 37 heteroatoms. The maximum atomic E-state index is 14.5. The average Bonchev–Trinajstić information content (AvgIpc) is 1.36. The molecule has 603 valence electrons. The van der Waals surface area contributed by atoms with Gasteiger partial charge in [0.25, 0.3) is 0 Å². The first kappa shape index (κ1) is 88.0. The minimum Gasteiger partial charge on any atom is -0.657 e. The maximum absolute atomic E-state index is 14.5. The van der Waals surface area contributed by atoms with E-state index >= 15 is 0 Å². The Morgan fingerprint density at radius 1 is 0.265 bits per heavy atom. The monoisotopic (exact) mass is 1680 g/mol. The van der Waals surface area contributed by atoms with Crippen molar-refractivity contribution in [2.75, 3.05) is 105 Å². The van der Waals surface area contributed by atoms with E-state index in [1.54, 1.807) is 48.6 Å². The van der Waals surface area contributed by atoms with Gasteiger partial charge in [-0.05, 0) is 173 Å². The van der Waals surface area contributed by atoms with Crippen molar-refractivity contribution in [3.8, 4) is 44.5 Å². The van der Waals surface area contributed by atoms with Crippen LogP contribution in [0, 0.1) is 0 Å². The second-order valence-electron chi connectivity index (χ2n) is 24.0. The van der Waals surface area contributed by atoms with Crippen LogP contribution in [-0.4, -0.2) is 214 Å². The summed E-state index contributed by atoms with van der Waals surface area (Å²) in [5, 5.41) is 0. The SMILES string of the molecule is CCOC(=O)CN(CC(=O)OCC)S(=O)(=O)c1ccc(-c2c3nc(c(-c4ccc(S(=O)(=O)N(CC(=O)OCC)CC(=O)OCC)cc4)c4ccc([n-]4)c(-c4ccc(S(=O)(=O)N(CC(=O)OCC)CC(=O)OCC)cc4)c4nc(c(-c5ccc(S(=O)(=O)N(CC(=O)OCC)CC(=O)OCC)cc5)c5ccc2[n-]5)C=C4)C=C3)cc1.[Cu+2]. The molecule has 8 bridgehead atoms. The molecule has 3 aromatic heterocycles. The molecule has 32 nitrogen and oxygen atoms in total. The number of fused-ring (bicyclic) bond motifs is 8. The molecular weight excluding hydrogens is 1600 g/mol. The van der Waals surface area contributed by atoms with Crippen LogP contribution < -0.4 is 9.97 Å². The van der Waals surface area contributed by atoms with Gasteiger partial charge >= 0.3 is 64.8 Å². The molecule has 1 radical (unpaired) electrons. The molecule has 0 spiro atoms. The molecule has 0 aliphatic carbocycles. The van der Waals surface area contributed by atoms with Crippen molar-refractivity contribution < 1.29 is 127 Å². The first-order chi connectivity index (χ1) is 53.4. The van der Waals surface area contributed by atoms with Crippen molar-refractivity contribution in [2.24, 2.45) is 0 Å². The van der Waals surface area contributed by atoms with E-state index in [1.807, 2.05) is 0 Å². The van der Waals surface area contributed by atoms with E-state index in [-0.39, 0.29) is 157 Å². The number of aromatic nitrogens is 4. The Balaban J connectivity index is 0.0000160. The van der Waals surface area contributed by atoms with Crippen LogP contribution in [0.5, 0.6) is 0 Å². The zero-order valence-corrected chi connectivity index (χ0v) is 66.7. The molecule has 0 N–H and O–H groups in total. The molecule has 4 aromatic carbocycles. The second-order valence-corrected chi connectivity index (χ2v) is 31.7. The van der Waals surface area contributed by atoms with Crippen LogP contribution in [-0.2, 0) is 133 Å². The average molecular weight is 1680 g/mol. The van der Waals surface area contributed by atoms with Gasteiger partial charge in [0.05, 0.1) is 95.2 Å². The van der Waals surface area contributed by atoms with E-state index in [0.717, 1.165) is 0 Å². The van der Waals surface area contributed by atoms with Gasteiger partial charge in [0.2, 0.25) is 40.1 Å². The number of hydrogen-bond acceptors (Lipinski definition) is 26. The number of sulfonamides is 4. The summed E-state index contributed by atoms with van der Waals surface area (Å²) in [6.07, 6.45) is 6.51. The minimum absolute atomic E-state index is 0. The molecule has 2 aliphatic rings. The fourth-order valence-corrected chi connectivity index (χ4v) is 17.1. The second kappa shape index (κ2) is 39.2. The Morgan fingerprint density at radius 3 is 0.558 bits per heavy atom. The zero-order chi connectivity index (χ0) is 81.2. The van der Waals surface area contributed by atoms with Crippen molar-refractivity contribution in [1.82, 2.24) is 37.2 Å². The van der Waals surface area contributed by atoms with Crippen molar-refractivity contribution in [3.63, 3.8) is 0 Å². The smallest absolute Gasteiger partial charge is 0.657 e. The van der Waals surface area contributed by atoms with Crippen LogP contribution in [0.3, 0.4) is 0 Å². The number of rotatable bonds is 36. The molecule has 2 aliphatic heterocycles. The summed E-state index contributed by atoms with van der Waals surface area (Å²) in [7, 11) is -18.7. The first-order valence-corrected chi connectivity index (χ1v) is 40.9. The first-order valence-electron chi connectivity index (χ1n) is 35.2. The number of benzene rings is 4. The maximum Gasteiger partial charge on any atom is 2.00 e. The molecule has 0 amide bonds. The molecule has 0 saturated heterocycles. The molecule has 0 saturated carbocycles. The third-order valence-electron chi connectivity index (χ3n) is 16.6. The number of nitrogens with zero attached hydrogens (tertiary/aromatic N) is 8. The summed E-state index contributed by atoms with van der Waals surface area (Å²) >= 11 is 0. The third-order valence-corrected chi connectivity index (χ3v) is 23.8. The molecule has 0 atom stereocenters. The van der Waals surface area contributed by atoms with Gasteiger partial charge in [-0.3, -0.25) is 38.4 Å². The van der Waals surface area contributed by atoms with Gasteiger partial charge in [0, 0.05) is 0 Å². The van der Waals surface area contributed by atoms with Gasteiger partial charge in [-0.2, -0.15) is 17.2 Å². The number of hydrogen-bond donors (Lipinski definition) is 0. The van der Waals surface area contributed by atoms with E-state index in [9.17, 15) is 72.0 Å². The predicted octanol–water partition coefficient (Wildman–Crippen LogP) is 7.05. The van der Waals surface area contributed by atoms with Gasteiger partial charge in [-0.1, -0.05) is 72.8 Å². The van der Waals surface area contributed by atoms with Crippen LogP contribution in [0.15, 0.2) is 141 Å². The van der Waals surface area contributed by atoms with Gasteiger partial charge in [-0.15, -0.1) is 22.1 Å². The fourth-order valence-electron chi connectivity index (χ4n) is 11.7. The van der Waals surface area contributed by atoms with Gasteiger partial charge in [0.15, 0.2) is 0 Å². The van der Waals surface area contributed by atoms with E-state index in [2.05, 4.69) is 0 Å². The Morgan fingerprint density at radius 2 is 0.416 bits per heavy atom. The molecule has 7 aromatic rings. The van der Waals surface area contributed by atoms with Crippen molar-refractivity contribution in [1.29, 1.82) is 0 Å². The van der Waals surface area contributed by atoms with E-state index in [4.69, 9.17) is 57.8 Å². The summed E-state index contributed by atoms with van der Waals surface area (Å²) < 4.78 is 159. The van der Waals surface area contributed by atoms with Crippen LogP contribution in [0.2, 0.25) is 0 Å². The van der Waals surface area contributed by atoms with E-state index in [1.165, 1.54) is 152 Å². The minimum atomic E-state index is -4.68. The normalized spacial score (nSPS) is 12.1. The predicted molar refractivity (Wildman–Crippen MR) is 407 cm³/mol. The van der Waals surface area contributed by atoms with Crippen molar-refractivity contribution in [3.05, 3.63) is 144 Å². The number of ether oxygens (including phenoxy) is 8. The topological polar surface area (TPSA) is 414 Å². The van der Waals surface area contributed by atoms with E-state index < -0.39 is 140 Å². The number of esters is 8. The fraction of sp³-hybridized carbons (Fsp3) is 0.316. The van der Waals surface area contributed by atoms with Crippen molar-refractivity contribution in [2.45, 2.75) is 75.0 Å². The van der Waals surface area contributed by atoms with Crippen molar-refractivity contribution >= 4 is 134 Å². The molecule has 5 heterocycles. The molecule has 0 fully saturated rings. The zero-order valence-electron chi connectivity index (χ0n) is 62.5. The Bertz CT molecular complexity index is 4700. The van der Waals surface area contributed by atoms with Gasteiger partial charge < -0.3 is 47.9 Å². The van der Waals surface area contributed by atoms with Crippen LogP contribution in [0.1, 0.15) is 78.2 Å². The van der Waals surface area contributed by atoms with Gasteiger partial charge in [0.1, 0.15) is 52.4 Å². The standard InChI is InChI=1S/C76H80N8O24S4.Cu/c1-9-101-65(85)41-81(42-66(86)102-10-2)109(93,94)53-25-17-49(18-26-53)73-57-33-35-59(77-57)74(50-19-27-54(28-20-50)110(95,96)82(43-67(87)103-11-3)44-68(88)104-12-4)61-37-39-63(79-61)76(52-23-31-56(32-24-52)112(99,100)84(47-71(91)107-15-7)48-72(92)108-16-8)64-40-38-62(80-64)75(60-36-34-58(73)78-60)51-21-29-55(30-22-51)111(97,98)83(45-69(89)105-13-5)46-70(90)106-14-6;/h17-40H,9-16,41-48H2,1-8H3;/q-2;+2. The Hall–Kier alpha value is -10.6. The molecule has 113 heavy (non-hydrogen) atoms. The van der Waals surface area contributed by atoms with Crippen LogP contribution in [0.25, 0.3) is 90.9 Å². The molecule has 0 unspecified atom stereocenters.